The van der Waals surface area contributed by atoms with Gasteiger partial charge < -0.3 is 14.8 Å². The molecule has 0 spiro atoms. The number of alkyl carbamates (subject to hydrolysis) is 1. The predicted molar refractivity (Wildman–Crippen MR) is 83.4 cm³/mol. The van der Waals surface area contributed by atoms with Gasteiger partial charge in [-0.05, 0) is 57.4 Å². The van der Waals surface area contributed by atoms with Crippen LogP contribution in [0.25, 0.3) is 0 Å². The molecule has 120 valence electrons. The lowest BCUT2D eigenvalue weighted by Gasteiger charge is -2.19. The molecule has 1 aromatic rings. The lowest BCUT2D eigenvalue weighted by atomic mass is 10.1. The van der Waals surface area contributed by atoms with Crippen LogP contribution in [0.2, 0.25) is 0 Å². The molecule has 0 saturated carbocycles. The van der Waals surface area contributed by atoms with Gasteiger partial charge in [-0.15, -0.1) is 0 Å². The third-order valence-corrected chi connectivity index (χ3v) is 3.26. The number of ether oxygens (including phenoxy) is 2. The molecule has 0 radical (unpaired) electrons. The summed E-state index contributed by atoms with van der Waals surface area (Å²) in [7, 11) is 0. The van der Waals surface area contributed by atoms with Crippen molar-refractivity contribution in [2.24, 2.45) is 0 Å². The molecule has 1 aliphatic carbocycles. The van der Waals surface area contributed by atoms with E-state index in [1.165, 1.54) is 0 Å². The highest BCUT2D eigenvalue weighted by atomic mass is 16.6. The van der Waals surface area contributed by atoms with Gasteiger partial charge in [0.15, 0.2) is 5.78 Å². The summed E-state index contributed by atoms with van der Waals surface area (Å²) in [5.74, 6) is 0.980. The Balaban J connectivity index is 1.67. The standard InChI is InChI=1S/C17H23NO4/c1-17(2,3)22-16(20)18-9-4-10-21-13-6-7-14-12(11-13)5-8-15(14)19/h6-7,11H,4-5,8-10H2,1-3H3,(H,18,20). The molecule has 0 unspecified atom stereocenters. The highest BCUT2D eigenvalue weighted by Gasteiger charge is 2.19. The minimum Gasteiger partial charge on any atom is -0.494 e. The van der Waals surface area contributed by atoms with Gasteiger partial charge in [0.05, 0.1) is 6.61 Å². The van der Waals surface area contributed by atoms with Crippen molar-refractivity contribution in [3.05, 3.63) is 29.3 Å². The van der Waals surface area contributed by atoms with Crippen LogP contribution in [0.3, 0.4) is 0 Å². The molecule has 1 aromatic carbocycles. The van der Waals surface area contributed by atoms with E-state index in [1.54, 1.807) is 0 Å². The van der Waals surface area contributed by atoms with Crippen LogP contribution in [0.5, 0.6) is 5.75 Å². The fraction of sp³-hybridized carbons (Fsp3) is 0.529. The summed E-state index contributed by atoms with van der Waals surface area (Å²) in [6.07, 6.45) is 1.67. The van der Waals surface area contributed by atoms with E-state index in [0.717, 1.165) is 23.3 Å². The number of Topliss-reactive ketones (excluding diaryl/α,β-unsaturated/α-hetero) is 1. The largest absolute Gasteiger partial charge is 0.494 e. The first-order valence-electron chi connectivity index (χ1n) is 7.61. The molecule has 1 aliphatic rings. The second kappa shape index (κ2) is 6.81. The molecule has 0 saturated heterocycles. The van der Waals surface area contributed by atoms with Crippen LogP contribution >= 0.6 is 0 Å². The first kappa shape index (κ1) is 16.3. The van der Waals surface area contributed by atoms with Crippen molar-refractivity contribution in [3.8, 4) is 5.75 Å². The maximum atomic E-state index is 11.5. The van der Waals surface area contributed by atoms with Crippen LogP contribution in [0.4, 0.5) is 4.79 Å². The quantitative estimate of drug-likeness (QED) is 0.849. The highest BCUT2D eigenvalue weighted by Crippen LogP contribution is 2.26. The van der Waals surface area contributed by atoms with Crippen LogP contribution in [0, 0.1) is 0 Å². The van der Waals surface area contributed by atoms with Crippen LogP contribution in [-0.2, 0) is 11.2 Å². The van der Waals surface area contributed by atoms with Crippen molar-refractivity contribution in [2.75, 3.05) is 13.2 Å². The van der Waals surface area contributed by atoms with Crippen molar-refractivity contribution >= 4 is 11.9 Å². The van der Waals surface area contributed by atoms with E-state index in [-0.39, 0.29) is 5.78 Å². The molecule has 0 aromatic heterocycles. The maximum Gasteiger partial charge on any atom is 0.407 e. The van der Waals surface area contributed by atoms with Gasteiger partial charge in [-0.2, -0.15) is 0 Å². The van der Waals surface area contributed by atoms with Gasteiger partial charge in [-0.25, -0.2) is 4.79 Å². The summed E-state index contributed by atoms with van der Waals surface area (Å²) in [5.41, 5.74) is 1.40. The third-order valence-electron chi connectivity index (χ3n) is 3.26. The Morgan fingerprint density at radius 2 is 2.05 bits per heavy atom. The molecule has 0 fully saturated rings. The first-order chi connectivity index (χ1) is 10.3. The molecular formula is C17H23NO4. The van der Waals surface area contributed by atoms with Gasteiger partial charge in [0.25, 0.3) is 0 Å². The summed E-state index contributed by atoms with van der Waals surface area (Å²) >= 11 is 0. The molecule has 0 bridgehead atoms. The van der Waals surface area contributed by atoms with Gasteiger partial charge in [0.1, 0.15) is 11.4 Å². The van der Waals surface area contributed by atoms with Crippen molar-refractivity contribution in [3.63, 3.8) is 0 Å². The van der Waals surface area contributed by atoms with Crippen LogP contribution < -0.4 is 10.1 Å². The molecule has 22 heavy (non-hydrogen) atoms. The van der Waals surface area contributed by atoms with Crippen molar-refractivity contribution in [1.29, 1.82) is 0 Å². The van der Waals surface area contributed by atoms with E-state index in [2.05, 4.69) is 5.32 Å². The number of fused-ring (bicyclic) bond motifs is 1. The van der Waals surface area contributed by atoms with Crippen LogP contribution in [-0.4, -0.2) is 30.6 Å². The van der Waals surface area contributed by atoms with E-state index in [0.29, 0.717) is 26.0 Å². The van der Waals surface area contributed by atoms with Crippen LogP contribution in [0.15, 0.2) is 18.2 Å². The predicted octanol–water partition coefficient (Wildman–Crippen LogP) is 3.11. The minimum absolute atomic E-state index is 0.211. The second-order valence-electron chi connectivity index (χ2n) is 6.37. The lowest BCUT2D eigenvalue weighted by Crippen LogP contribution is -2.33. The van der Waals surface area contributed by atoms with E-state index >= 15 is 0 Å². The molecule has 5 heteroatoms. The third kappa shape index (κ3) is 4.76. The minimum atomic E-state index is -0.484. The Bertz CT molecular complexity index is 560. The Hall–Kier alpha value is -2.04. The van der Waals surface area contributed by atoms with Crippen molar-refractivity contribution in [2.45, 2.75) is 45.6 Å². The van der Waals surface area contributed by atoms with Gasteiger partial charge in [-0.3, -0.25) is 4.79 Å². The fourth-order valence-electron chi connectivity index (χ4n) is 2.29. The molecule has 1 amide bonds. The maximum absolute atomic E-state index is 11.5. The Morgan fingerprint density at radius 3 is 2.77 bits per heavy atom. The molecule has 0 aliphatic heterocycles. The Labute approximate surface area is 131 Å². The number of benzene rings is 1. The first-order valence-corrected chi connectivity index (χ1v) is 7.61. The zero-order valence-electron chi connectivity index (χ0n) is 13.4. The van der Waals surface area contributed by atoms with Gasteiger partial charge >= 0.3 is 6.09 Å². The zero-order valence-corrected chi connectivity index (χ0v) is 13.4. The normalized spacial score (nSPS) is 13.7. The van der Waals surface area contributed by atoms with E-state index in [9.17, 15) is 9.59 Å². The summed E-state index contributed by atoms with van der Waals surface area (Å²) in [6.45, 7) is 6.48. The van der Waals surface area contributed by atoms with E-state index < -0.39 is 11.7 Å². The molecule has 1 N–H and O–H groups in total. The van der Waals surface area contributed by atoms with Gasteiger partial charge in [0.2, 0.25) is 0 Å². The summed E-state index contributed by atoms with van der Waals surface area (Å²) in [4.78, 5) is 23.0. The number of nitrogens with one attached hydrogen (secondary N) is 1. The smallest absolute Gasteiger partial charge is 0.407 e. The van der Waals surface area contributed by atoms with Gasteiger partial charge in [0, 0.05) is 18.5 Å². The lowest BCUT2D eigenvalue weighted by molar-refractivity contribution is 0.0525. The average Bonchev–Trinajstić information content (AvgIpc) is 2.77. The molecule has 0 heterocycles. The number of rotatable bonds is 5. The van der Waals surface area contributed by atoms with Crippen molar-refractivity contribution < 1.29 is 19.1 Å². The fourth-order valence-corrected chi connectivity index (χ4v) is 2.29. The molecule has 5 nitrogen and oxygen atoms in total. The molecular weight excluding hydrogens is 282 g/mol. The molecule has 2 rings (SSSR count). The number of ketones is 1. The number of amides is 1. The van der Waals surface area contributed by atoms with Crippen LogP contribution in [0.1, 0.15) is 49.5 Å². The monoisotopic (exact) mass is 305 g/mol. The number of aryl methyl sites for hydroxylation is 1. The summed E-state index contributed by atoms with van der Waals surface area (Å²) in [6, 6.07) is 5.59. The number of hydrogen-bond acceptors (Lipinski definition) is 4. The van der Waals surface area contributed by atoms with Gasteiger partial charge in [-0.1, -0.05) is 0 Å². The van der Waals surface area contributed by atoms with E-state index in [4.69, 9.17) is 9.47 Å². The second-order valence-corrected chi connectivity index (χ2v) is 6.37. The van der Waals surface area contributed by atoms with E-state index in [1.807, 2.05) is 39.0 Å². The number of carbonyl (C=O) groups is 2. The Kier molecular flexibility index (Phi) is 5.06. The molecule has 0 atom stereocenters. The summed E-state index contributed by atoms with van der Waals surface area (Å²) in [5, 5.41) is 2.69. The highest BCUT2D eigenvalue weighted by molar-refractivity contribution is 6.00. The topological polar surface area (TPSA) is 64.6 Å². The number of hydrogen-bond donors (Lipinski definition) is 1. The van der Waals surface area contributed by atoms with Crippen molar-refractivity contribution in [1.82, 2.24) is 5.32 Å². The Morgan fingerprint density at radius 1 is 1.27 bits per heavy atom. The average molecular weight is 305 g/mol. The SMILES string of the molecule is CC(C)(C)OC(=O)NCCCOc1ccc2c(c1)CCC2=O. The summed E-state index contributed by atoms with van der Waals surface area (Å²) < 4.78 is 10.8. The number of carbonyl (C=O) groups excluding carboxylic acids is 2. The zero-order chi connectivity index (χ0) is 16.2.